The maximum absolute atomic E-state index is 4.38. The fourth-order valence-electron chi connectivity index (χ4n) is 4.36. The van der Waals surface area contributed by atoms with Crippen LogP contribution in [-0.4, -0.2) is 42.7 Å². The van der Waals surface area contributed by atoms with Crippen molar-refractivity contribution in [3.63, 3.8) is 0 Å². The van der Waals surface area contributed by atoms with Gasteiger partial charge >= 0.3 is 0 Å². The van der Waals surface area contributed by atoms with Crippen LogP contribution >= 0.6 is 0 Å². The number of nitrogens with one attached hydrogen (secondary N) is 1. The number of benzene rings is 1. The lowest BCUT2D eigenvalue weighted by atomic mass is 9.99. The molecule has 0 spiro atoms. The van der Waals surface area contributed by atoms with Crippen molar-refractivity contribution in [1.82, 2.24) is 29.6 Å². The molecule has 0 saturated heterocycles. The SMILES string of the molecule is Cc1ccc2c(c1)c1c(n2CCc2nnc(-c3ccncc3)[nH]2)CC(C)N(C)C1. The summed E-state index contributed by atoms with van der Waals surface area (Å²) in [6.45, 7) is 6.40. The van der Waals surface area contributed by atoms with E-state index in [2.05, 4.69) is 68.7 Å². The van der Waals surface area contributed by atoms with Gasteiger partial charge in [-0.25, -0.2) is 0 Å². The second kappa shape index (κ2) is 7.12. The lowest BCUT2D eigenvalue weighted by Gasteiger charge is -2.31. The summed E-state index contributed by atoms with van der Waals surface area (Å²) in [6.07, 6.45) is 5.45. The van der Waals surface area contributed by atoms with Gasteiger partial charge in [-0.1, -0.05) is 11.6 Å². The van der Waals surface area contributed by atoms with Gasteiger partial charge in [0.2, 0.25) is 0 Å². The minimum absolute atomic E-state index is 0.551. The molecule has 1 aromatic carbocycles. The average Bonchev–Trinajstić information content (AvgIpc) is 3.31. The van der Waals surface area contributed by atoms with Crippen molar-refractivity contribution in [2.24, 2.45) is 0 Å². The molecule has 5 rings (SSSR count). The van der Waals surface area contributed by atoms with E-state index in [0.717, 1.165) is 43.1 Å². The van der Waals surface area contributed by atoms with E-state index in [9.17, 15) is 0 Å². The Morgan fingerprint density at radius 3 is 2.79 bits per heavy atom. The molecule has 6 heteroatoms. The first kappa shape index (κ1) is 18.1. The summed E-state index contributed by atoms with van der Waals surface area (Å²) in [5.41, 5.74) is 6.62. The lowest BCUT2D eigenvalue weighted by Crippen LogP contribution is -2.35. The average molecular weight is 387 g/mol. The summed E-state index contributed by atoms with van der Waals surface area (Å²) in [7, 11) is 2.22. The summed E-state index contributed by atoms with van der Waals surface area (Å²) >= 11 is 0. The van der Waals surface area contributed by atoms with Gasteiger partial charge in [0, 0.05) is 66.5 Å². The van der Waals surface area contributed by atoms with E-state index in [0.29, 0.717) is 6.04 Å². The van der Waals surface area contributed by atoms with Crippen molar-refractivity contribution in [1.29, 1.82) is 0 Å². The molecular weight excluding hydrogens is 360 g/mol. The highest BCUT2D eigenvalue weighted by atomic mass is 15.2. The molecule has 1 unspecified atom stereocenters. The van der Waals surface area contributed by atoms with Crippen LogP contribution in [-0.2, 0) is 25.9 Å². The monoisotopic (exact) mass is 386 g/mol. The van der Waals surface area contributed by atoms with E-state index in [1.54, 1.807) is 12.4 Å². The van der Waals surface area contributed by atoms with E-state index in [-0.39, 0.29) is 0 Å². The molecule has 6 nitrogen and oxygen atoms in total. The molecule has 29 heavy (non-hydrogen) atoms. The van der Waals surface area contributed by atoms with E-state index >= 15 is 0 Å². The smallest absolute Gasteiger partial charge is 0.161 e. The van der Waals surface area contributed by atoms with E-state index < -0.39 is 0 Å². The normalized spacial score (nSPS) is 17.0. The molecule has 0 fully saturated rings. The number of aryl methyl sites for hydroxylation is 3. The highest BCUT2D eigenvalue weighted by Gasteiger charge is 2.26. The molecule has 4 aromatic rings. The van der Waals surface area contributed by atoms with E-state index in [4.69, 9.17) is 0 Å². The second-order valence-electron chi connectivity index (χ2n) is 8.17. The molecule has 3 aromatic heterocycles. The van der Waals surface area contributed by atoms with Gasteiger partial charge in [-0.3, -0.25) is 9.88 Å². The third-order valence-corrected chi connectivity index (χ3v) is 6.15. The molecule has 0 amide bonds. The van der Waals surface area contributed by atoms with Crippen molar-refractivity contribution in [2.75, 3.05) is 7.05 Å². The Kier molecular flexibility index (Phi) is 4.43. The number of aromatic nitrogens is 5. The Morgan fingerprint density at radius 2 is 1.97 bits per heavy atom. The zero-order valence-corrected chi connectivity index (χ0v) is 17.2. The molecule has 0 aliphatic carbocycles. The quantitative estimate of drug-likeness (QED) is 0.580. The number of pyridine rings is 1. The highest BCUT2D eigenvalue weighted by Crippen LogP contribution is 2.33. The number of hydrogen-bond donors (Lipinski definition) is 1. The number of fused-ring (bicyclic) bond motifs is 3. The molecule has 0 saturated carbocycles. The first-order chi connectivity index (χ1) is 14.1. The van der Waals surface area contributed by atoms with E-state index in [1.165, 1.54) is 27.7 Å². The summed E-state index contributed by atoms with van der Waals surface area (Å²) in [6, 6.07) is 11.3. The molecule has 4 heterocycles. The summed E-state index contributed by atoms with van der Waals surface area (Å²) in [5.74, 6) is 1.72. The van der Waals surface area contributed by atoms with Crippen LogP contribution in [0.25, 0.3) is 22.3 Å². The van der Waals surface area contributed by atoms with Gasteiger partial charge in [-0.05, 0) is 50.7 Å². The minimum atomic E-state index is 0.551. The Hall–Kier alpha value is -2.99. The number of likely N-dealkylation sites (N-methyl/N-ethyl adjacent to an activating group) is 1. The molecule has 1 aliphatic rings. The van der Waals surface area contributed by atoms with Crippen molar-refractivity contribution in [3.8, 4) is 11.4 Å². The van der Waals surface area contributed by atoms with Crippen molar-refractivity contribution >= 4 is 10.9 Å². The Morgan fingerprint density at radius 1 is 1.14 bits per heavy atom. The third kappa shape index (κ3) is 3.23. The molecule has 0 bridgehead atoms. The number of H-pyrrole nitrogens is 1. The van der Waals surface area contributed by atoms with Crippen LogP contribution in [0.2, 0.25) is 0 Å². The predicted molar refractivity (Wildman–Crippen MR) is 115 cm³/mol. The van der Waals surface area contributed by atoms with Crippen LogP contribution in [0.5, 0.6) is 0 Å². The molecule has 1 aliphatic heterocycles. The topological polar surface area (TPSA) is 62.6 Å². The fourth-order valence-corrected chi connectivity index (χ4v) is 4.36. The third-order valence-electron chi connectivity index (χ3n) is 6.15. The first-order valence-electron chi connectivity index (χ1n) is 10.2. The van der Waals surface area contributed by atoms with Gasteiger partial charge < -0.3 is 9.55 Å². The fraction of sp³-hybridized carbons (Fsp3) is 0.348. The minimum Gasteiger partial charge on any atom is -0.344 e. The standard InChI is InChI=1S/C23H26N6/c1-15-4-5-20-18(12-15)19-14-28(3)16(2)13-21(19)29(20)11-8-22-25-23(27-26-22)17-6-9-24-10-7-17/h4-7,9-10,12,16H,8,11,13-14H2,1-3H3,(H,25,26,27). The molecule has 1 atom stereocenters. The van der Waals surface area contributed by atoms with Crippen LogP contribution in [0.15, 0.2) is 42.7 Å². The van der Waals surface area contributed by atoms with Crippen LogP contribution in [0, 0.1) is 6.92 Å². The highest BCUT2D eigenvalue weighted by molar-refractivity contribution is 5.86. The summed E-state index contributed by atoms with van der Waals surface area (Å²) in [4.78, 5) is 9.89. The number of nitrogens with zero attached hydrogens (tertiary/aromatic N) is 5. The second-order valence-corrected chi connectivity index (χ2v) is 8.17. The molecular formula is C23H26N6. The first-order valence-corrected chi connectivity index (χ1v) is 10.2. The Bertz CT molecular complexity index is 1160. The van der Waals surface area contributed by atoms with Gasteiger partial charge in [0.25, 0.3) is 0 Å². The number of rotatable bonds is 4. The number of hydrogen-bond acceptors (Lipinski definition) is 4. The lowest BCUT2D eigenvalue weighted by molar-refractivity contribution is 0.228. The van der Waals surface area contributed by atoms with Gasteiger partial charge in [-0.2, -0.15) is 0 Å². The van der Waals surface area contributed by atoms with Crippen LogP contribution in [0.3, 0.4) is 0 Å². The van der Waals surface area contributed by atoms with Crippen molar-refractivity contribution in [3.05, 3.63) is 65.4 Å². The maximum Gasteiger partial charge on any atom is 0.161 e. The Balaban J connectivity index is 1.47. The van der Waals surface area contributed by atoms with Crippen molar-refractivity contribution < 1.29 is 0 Å². The van der Waals surface area contributed by atoms with Gasteiger partial charge in [0.15, 0.2) is 5.82 Å². The zero-order valence-electron chi connectivity index (χ0n) is 17.2. The van der Waals surface area contributed by atoms with Crippen LogP contribution < -0.4 is 0 Å². The van der Waals surface area contributed by atoms with Gasteiger partial charge in [0.1, 0.15) is 5.82 Å². The molecule has 0 radical (unpaired) electrons. The van der Waals surface area contributed by atoms with Gasteiger partial charge in [-0.15, -0.1) is 10.2 Å². The van der Waals surface area contributed by atoms with Crippen molar-refractivity contribution in [2.45, 2.75) is 45.8 Å². The summed E-state index contributed by atoms with van der Waals surface area (Å²) in [5, 5.41) is 10.1. The molecule has 148 valence electrons. The van der Waals surface area contributed by atoms with Gasteiger partial charge in [0.05, 0.1) is 0 Å². The Labute approximate surface area is 170 Å². The van der Waals surface area contributed by atoms with Crippen LogP contribution in [0.1, 0.15) is 29.6 Å². The number of aromatic amines is 1. The maximum atomic E-state index is 4.38. The van der Waals surface area contributed by atoms with E-state index in [1.807, 2.05) is 12.1 Å². The predicted octanol–water partition coefficient (Wildman–Crippen LogP) is 3.75. The van der Waals surface area contributed by atoms with Crippen LogP contribution in [0.4, 0.5) is 0 Å². The molecule has 1 N–H and O–H groups in total. The summed E-state index contributed by atoms with van der Waals surface area (Å²) < 4.78 is 2.50. The largest absolute Gasteiger partial charge is 0.344 e. The zero-order chi connectivity index (χ0) is 20.0.